The summed E-state index contributed by atoms with van der Waals surface area (Å²) in [4.78, 5) is 38.7. The van der Waals surface area contributed by atoms with Crippen LogP contribution in [0.1, 0.15) is 47.8 Å². The highest BCUT2D eigenvalue weighted by Gasteiger charge is 2.70. The molecule has 0 aromatic heterocycles. The van der Waals surface area contributed by atoms with Gasteiger partial charge in [0.05, 0.1) is 0 Å². The Morgan fingerprint density at radius 3 is 2.19 bits per heavy atom. The normalized spacial score (nSPS) is 29.2. The van der Waals surface area contributed by atoms with Gasteiger partial charge in [0.25, 0.3) is 11.8 Å². The Kier molecular flexibility index (Phi) is 4.14. The highest BCUT2D eigenvalue weighted by molar-refractivity contribution is 8.01. The molecular weight excluding hydrogens is 352 g/mol. The van der Waals surface area contributed by atoms with Gasteiger partial charge in [0.2, 0.25) is 0 Å². The Morgan fingerprint density at radius 2 is 1.69 bits per heavy atom. The summed E-state index contributed by atoms with van der Waals surface area (Å²) in [6.07, 6.45) is 0. The molecule has 0 aliphatic carbocycles. The molecule has 0 radical (unpaired) electrons. The van der Waals surface area contributed by atoms with Crippen LogP contribution in [0.3, 0.4) is 0 Å². The number of nitrogens with one attached hydrogen (secondary N) is 1. The first kappa shape index (κ1) is 18.8. The molecule has 2 aliphatic heterocycles. The molecule has 0 bridgehead atoms. The lowest BCUT2D eigenvalue weighted by molar-refractivity contribution is -0.165. The third kappa shape index (κ3) is 2.52. The van der Waals surface area contributed by atoms with Crippen molar-refractivity contribution in [3.8, 4) is 0 Å². The van der Waals surface area contributed by atoms with E-state index in [9.17, 15) is 19.5 Å². The molecule has 2 saturated heterocycles. The van der Waals surface area contributed by atoms with Crippen molar-refractivity contribution in [3.63, 3.8) is 0 Å². The van der Waals surface area contributed by atoms with Crippen LogP contribution in [0, 0.1) is 20.8 Å². The molecule has 2 N–H and O–H groups in total. The minimum atomic E-state index is -1.10. The van der Waals surface area contributed by atoms with Gasteiger partial charge in [0.1, 0.15) is 17.0 Å². The average molecular weight is 376 g/mol. The Bertz CT molecular complexity index is 812. The van der Waals surface area contributed by atoms with Gasteiger partial charge < -0.3 is 15.3 Å². The van der Waals surface area contributed by atoms with Crippen LogP contribution in [0.4, 0.5) is 0 Å². The van der Waals surface area contributed by atoms with E-state index in [2.05, 4.69) is 5.32 Å². The predicted molar refractivity (Wildman–Crippen MR) is 100 cm³/mol. The zero-order chi connectivity index (χ0) is 19.6. The molecule has 2 heterocycles. The first-order chi connectivity index (χ1) is 11.9. The molecule has 2 fully saturated rings. The van der Waals surface area contributed by atoms with Gasteiger partial charge in [-0.3, -0.25) is 9.59 Å². The lowest BCUT2D eigenvalue weighted by Crippen LogP contribution is -2.78. The standard InChI is InChI=1S/C19H24N2O4S/c1-9-7-10(2)12(11(3)8-9)14(22)20-19(6)16(25)21-13(15(23)24)18(4,5)26-17(19)21/h7-8,13,17H,1-6H3,(H,20,22)(H,23,24)/t13-,17+,19-/m0/s1. The molecular formula is C19H24N2O4S. The smallest absolute Gasteiger partial charge is 0.327 e. The Balaban J connectivity index is 1.89. The summed E-state index contributed by atoms with van der Waals surface area (Å²) in [7, 11) is 0. The molecule has 0 spiro atoms. The zero-order valence-electron chi connectivity index (χ0n) is 15.8. The quantitative estimate of drug-likeness (QED) is 0.790. The summed E-state index contributed by atoms with van der Waals surface area (Å²) in [5.41, 5.74) is 2.25. The van der Waals surface area contributed by atoms with E-state index in [0.29, 0.717) is 5.56 Å². The van der Waals surface area contributed by atoms with Crippen molar-refractivity contribution in [2.24, 2.45) is 0 Å². The fourth-order valence-electron chi connectivity index (χ4n) is 4.17. The summed E-state index contributed by atoms with van der Waals surface area (Å²) < 4.78 is -0.621. The Labute approximate surface area is 157 Å². The highest BCUT2D eigenvalue weighted by Crippen LogP contribution is 2.54. The molecule has 0 saturated carbocycles. The lowest BCUT2D eigenvalue weighted by Gasteiger charge is -2.51. The summed E-state index contributed by atoms with van der Waals surface area (Å²) in [5, 5.41) is 12.0. The van der Waals surface area contributed by atoms with E-state index in [-0.39, 0.29) is 17.2 Å². The summed E-state index contributed by atoms with van der Waals surface area (Å²) in [5.74, 6) is -1.66. The highest BCUT2D eigenvalue weighted by atomic mass is 32.2. The number of carbonyl (C=O) groups is 3. The van der Waals surface area contributed by atoms with E-state index in [0.717, 1.165) is 16.7 Å². The van der Waals surface area contributed by atoms with E-state index < -0.39 is 22.3 Å². The van der Waals surface area contributed by atoms with Gasteiger partial charge in [0, 0.05) is 10.3 Å². The number of carboxylic acid groups (broad SMARTS) is 1. The second-order valence-corrected chi connectivity index (χ2v) is 9.69. The molecule has 0 unspecified atom stereocenters. The number of hydrogen-bond acceptors (Lipinski definition) is 4. The maximum Gasteiger partial charge on any atom is 0.327 e. The lowest BCUT2D eigenvalue weighted by atomic mass is 9.85. The number of rotatable bonds is 3. The van der Waals surface area contributed by atoms with Gasteiger partial charge in [-0.2, -0.15) is 0 Å². The minimum Gasteiger partial charge on any atom is -0.480 e. The van der Waals surface area contributed by atoms with Crippen molar-refractivity contribution in [3.05, 3.63) is 34.4 Å². The number of amides is 2. The Morgan fingerprint density at radius 1 is 1.15 bits per heavy atom. The van der Waals surface area contributed by atoms with Gasteiger partial charge in [-0.25, -0.2) is 4.79 Å². The first-order valence-corrected chi connectivity index (χ1v) is 9.42. The van der Waals surface area contributed by atoms with Crippen LogP contribution in [0.5, 0.6) is 0 Å². The van der Waals surface area contributed by atoms with Crippen LogP contribution < -0.4 is 5.32 Å². The number of hydrogen-bond donors (Lipinski definition) is 2. The molecule has 1 aromatic carbocycles. The van der Waals surface area contributed by atoms with Crippen molar-refractivity contribution in [1.82, 2.24) is 10.2 Å². The maximum atomic E-state index is 12.9. The first-order valence-electron chi connectivity index (χ1n) is 8.54. The van der Waals surface area contributed by atoms with E-state index in [1.807, 2.05) is 46.8 Å². The van der Waals surface area contributed by atoms with Crippen LogP contribution >= 0.6 is 11.8 Å². The Hall–Kier alpha value is -2.02. The van der Waals surface area contributed by atoms with E-state index in [1.54, 1.807) is 6.92 Å². The van der Waals surface area contributed by atoms with Crippen LogP contribution in [-0.2, 0) is 9.59 Å². The molecule has 6 nitrogen and oxygen atoms in total. The molecule has 7 heteroatoms. The van der Waals surface area contributed by atoms with Crippen molar-refractivity contribution < 1.29 is 19.5 Å². The van der Waals surface area contributed by atoms with E-state index >= 15 is 0 Å². The second-order valence-electron chi connectivity index (χ2n) is 7.96. The maximum absolute atomic E-state index is 12.9. The summed E-state index contributed by atoms with van der Waals surface area (Å²) in [6, 6.07) is 2.98. The van der Waals surface area contributed by atoms with Gasteiger partial charge in [-0.1, -0.05) is 17.7 Å². The summed E-state index contributed by atoms with van der Waals surface area (Å²) in [6.45, 7) is 11.0. The second kappa shape index (κ2) is 5.74. The van der Waals surface area contributed by atoms with Crippen molar-refractivity contribution in [1.29, 1.82) is 0 Å². The number of aliphatic carboxylic acids is 1. The summed E-state index contributed by atoms with van der Waals surface area (Å²) >= 11 is 1.42. The van der Waals surface area contributed by atoms with Crippen LogP contribution in [0.2, 0.25) is 0 Å². The van der Waals surface area contributed by atoms with Crippen LogP contribution in [0.25, 0.3) is 0 Å². The van der Waals surface area contributed by atoms with Gasteiger partial charge in [0.15, 0.2) is 0 Å². The van der Waals surface area contributed by atoms with Crippen molar-refractivity contribution >= 4 is 29.5 Å². The number of aryl methyl sites for hydroxylation is 3. The third-order valence-corrected chi connectivity index (χ3v) is 7.04. The monoisotopic (exact) mass is 376 g/mol. The number of thioether (sulfide) groups is 1. The molecule has 3 atom stereocenters. The number of nitrogens with zero attached hydrogens (tertiary/aromatic N) is 1. The topological polar surface area (TPSA) is 86.7 Å². The van der Waals surface area contributed by atoms with Crippen LogP contribution in [0.15, 0.2) is 12.1 Å². The van der Waals surface area contributed by atoms with Gasteiger partial charge in [-0.15, -0.1) is 11.8 Å². The fourth-order valence-corrected chi connectivity index (χ4v) is 5.82. The van der Waals surface area contributed by atoms with Crippen molar-refractivity contribution in [2.45, 2.75) is 63.2 Å². The van der Waals surface area contributed by atoms with Gasteiger partial charge in [-0.05, 0) is 52.7 Å². The molecule has 2 aliphatic rings. The number of carbonyl (C=O) groups excluding carboxylic acids is 2. The zero-order valence-corrected chi connectivity index (χ0v) is 16.7. The largest absolute Gasteiger partial charge is 0.480 e. The fraction of sp³-hybridized carbons (Fsp3) is 0.526. The molecule has 140 valence electrons. The molecule has 1 aromatic rings. The molecule has 3 rings (SSSR count). The number of carboxylic acids is 1. The average Bonchev–Trinajstić information content (AvgIpc) is 2.75. The van der Waals surface area contributed by atoms with Crippen molar-refractivity contribution in [2.75, 3.05) is 0 Å². The third-order valence-electron chi connectivity index (χ3n) is 5.29. The molecule has 26 heavy (non-hydrogen) atoms. The number of β-lactam (4-membered cyclic amide) rings is 1. The van der Waals surface area contributed by atoms with Gasteiger partial charge >= 0.3 is 5.97 Å². The number of benzene rings is 1. The van der Waals surface area contributed by atoms with E-state index in [1.165, 1.54) is 16.7 Å². The van der Waals surface area contributed by atoms with E-state index in [4.69, 9.17) is 0 Å². The number of fused-ring (bicyclic) bond motifs is 1. The predicted octanol–water partition coefficient (Wildman–Crippen LogP) is 2.25. The minimum absolute atomic E-state index is 0.298. The van der Waals surface area contributed by atoms with Crippen LogP contribution in [-0.4, -0.2) is 49.5 Å². The SMILES string of the molecule is Cc1cc(C)c(C(=O)N[C@@]2(C)C(=O)N3[C@@H](C(=O)O)C(C)(C)S[C@@H]32)c(C)c1. The molecule has 2 amide bonds.